The van der Waals surface area contributed by atoms with Gasteiger partial charge in [-0.3, -0.25) is 19.7 Å². The van der Waals surface area contributed by atoms with E-state index in [1.165, 1.54) is 24.3 Å². The van der Waals surface area contributed by atoms with E-state index in [2.05, 4.69) is 21.1 Å². The van der Waals surface area contributed by atoms with Crippen LogP contribution in [0.25, 0.3) is 0 Å². The van der Waals surface area contributed by atoms with E-state index >= 15 is 0 Å². The lowest BCUT2D eigenvalue weighted by Crippen LogP contribution is -2.33. The number of fused-ring (bicyclic) bond motifs is 1. The van der Waals surface area contributed by atoms with Gasteiger partial charge in [0.2, 0.25) is 12.0 Å². The molecule has 4 rings (SSSR count). The lowest BCUT2D eigenvalue weighted by atomic mass is 9.94. The summed E-state index contributed by atoms with van der Waals surface area (Å²) in [7, 11) is 0. The molecule has 2 heterocycles. The van der Waals surface area contributed by atoms with Gasteiger partial charge in [0.05, 0.1) is 10.6 Å². The van der Waals surface area contributed by atoms with Gasteiger partial charge >= 0.3 is 0 Å². The summed E-state index contributed by atoms with van der Waals surface area (Å²) in [6.07, 6.45) is -1.02. The fraction of sp³-hybridized carbons (Fsp3) is 0.118. The summed E-state index contributed by atoms with van der Waals surface area (Å²) < 4.78 is 0.824. The quantitative estimate of drug-likeness (QED) is 0.435. The Morgan fingerprint density at radius 1 is 1.04 bits per heavy atom. The summed E-state index contributed by atoms with van der Waals surface area (Å²) in [6, 6.07) is 12.4. The molecule has 2 aliphatic rings. The molecule has 0 radical (unpaired) electrons. The smallest absolute Gasteiger partial charge is 0.278 e. The van der Waals surface area contributed by atoms with Gasteiger partial charge in [-0.25, -0.2) is 4.90 Å². The maximum Gasteiger partial charge on any atom is 0.278 e. The zero-order valence-electron chi connectivity index (χ0n) is 13.0. The highest BCUT2D eigenvalue weighted by Crippen LogP contribution is 2.35. The Morgan fingerprint density at radius 3 is 2.31 bits per heavy atom. The summed E-state index contributed by atoms with van der Waals surface area (Å²) in [5, 5.41) is 14.7. The second kappa shape index (κ2) is 6.03. The van der Waals surface area contributed by atoms with Gasteiger partial charge < -0.3 is 4.84 Å². The van der Waals surface area contributed by atoms with Crippen LogP contribution in [-0.4, -0.2) is 28.6 Å². The topological polar surface area (TPSA) is 102 Å². The standard InChI is InChI=1S/C17H10BrN3O5/c18-10-3-7-11(8-4-10)20-16(22)13-14(19-26-15(13)17(20)23)9-1-5-12(6-2-9)21(24)25/h1-8,13,15H/t13-,15+/m0/s1. The SMILES string of the molecule is O=C1[C@H]2C(c3ccc([N+](=O)[O-])cc3)=NO[C@H]2C(=O)N1c1ccc(Br)cc1. The molecule has 0 saturated carbocycles. The predicted octanol–water partition coefficient (Wildman–Crippen LogP) is 2.65. The van der Waals surface area contributed by atoms with Crippen LogP contribution in [0.2, 0.25) is 0 Å². The van der Waals surface area contributed by atoms with E-state index in [-0.39, 0.29) is 5.69 Å². The molecule has 0 spiro atoms. The highest BCUT2D eigenvalue weighted by atomic mass is 79.9. The molecule has 0 aliphatic carbocycles. The second-order valence-electron chi connectivity index (χ2n) is 5.77. The Balaban J connectivity index is 1.66. The fourth-order valence-electron chi connectivity index (χ4n) is 3.01. The third-order valence-electron chi connectivity index (χ3n) is 4.27. The summed E-state index contributed by atoms with van der Waals surface area (Å²) >= 11 is 3.31. The van der Waals surface area contributed by atoms with E-state index < -0.39 is 28.8 Å². The number of nitro benzene ring substituents is 1. The first-order chi connectivity index (χ1) is 12.5. The molecule has 2 aromatic carbocycles. The van der Waals surface area contributed by atoms with Gasteiger partial charge in [-0.15, -0.1) is 0 Å². The number of hydrogen-bond acceptors (Lipinski definition) is 6. The van der Waals surface area contributed by atoms with Gasteiger partial charge in [-0.2, -0.15) is 0 Å². The molecular formula is C17H10BrN3O5. The molecule has 2 atom stereocenters. The monoisotopic (exact) mass is 415 g/mol. The number of amides is 2. The Bertz CT molecular complexity index is 955. The third-order valence-corrected chi connectivity index (χ3v) is 4.80. The van der Waals surface area contributed by atoms with Crippen LogP contribution in [0, 0.1) is 16.0 Å². The number of non-ortho nitro benzene ring substituents is 1. The van der Waals surface area contributed by atoms with Crippen molar-refractivity contribution in [2.75, 3.05) is 4.90 Å². The average molecular weight is 416 g/mol. The molecule has 2 aromatic rings. The van der Waals surface area contributed by atoms with E-state index in [4.69, 9.17) is 4.84 Å². The Labute approximate surface area is 155 Å². The number of imide groups is 1. The van der Waals surface area contributed by atoms with Crippen LogP contribution in [0.1, 0.15) is 5.56 Å². The number of benzene rings is 2. The number of hydrogen-bond donors (Lipinski definition) is 0. The number of anilines is 1. The van der Waals surface area contributed by atoms with E-state index in [0.29, 0.717) is 17.0 Å². The van der Waals surface area contributed by atoms with Crippen LogP contribution in [0.4, 0.5) is 11.4 Å². The van der Waals surface area contributed by atoms with Gasteiger partial charge in [-0.1, -0.05) is 21.1 Å². The van der Waals surface area contributed by atoms with Crippen LogP contribution < -0.4 is 4.90 Å². The molecule has 26 heavy (non-hydrogen) atoms. The Kier molecular flexibility index (Phi) is 3.80. The number of nitro groups is 1. The number of carbonyl (C=O) groups excluding carboxylic acids is 2. The van der Waals surface area contributed by atoms with Gasteiger partial charge in [0, 0.05) is 22.2 Å². The van der Waals surface area contributed by atoms with Crippen molar-refractivity contribution in [1.82, 2.24) is 0 Å². The van der Waals surface area contributed by atoms with Crippen molar-refractivity contribution in [3.8, 4) is 0 Å². The van der Waals surface area contributed by atoms with E-state index in [1.54, 1.807) is 24.3 Å². The number of halogens is 1. The molecule has 8 nitrogen and oxygen atoms in total. The Hall–Kier alpha value is -3.07. The van der Waals surface area contributed by atoms with Crippen molar-refractivity contribution in [2.24, 2.45) is 11.1 Å². The average Bonchev–Trinajstić information content (AvgIpc) is 3.17. The van der Waals surface area contributed by atoms with E-state index in [1.807, 2.05) is 0 Å². The molecule has 0 bridgehead atoms. The van der Waals surface area contributed by atoms with Gasteiger partial charge in [-0.05, 0) is 36.4 Å². The first kappa shape index (κ1) is 16.4. The number of oxime groups is 1. The molecule has 0 aromatic heterocycles. The van der Waals surface area contributed by atoms with Gasteiger partial charge in [0.15, 0.2) is 0 Å². The van der Waals surface area contributed by atoms with Crippen molar-refractivity contribution in [2.45, 2.75) is 6.10 Å². The second-order valence-corrected chi connectivity index (χ2v) is 6.69. The highest BCUT2D eigenvalue weighted by molar-refractivity contribution is 9.10. The van der Waals surface area contributed by atoms with Crippen molar-refractivity contribution in [3.63, 3.8) is 0 Å². The molecule has 9 heteroatoms. The predicted molar refractivity (Wildman–Crippen MR) is 94.6 cm³/mol. The first-order valence-electron chi connectivity index (χ1n) is 7.59. The zero-order chi connectivity index (χ0) is 18.4. The van der Waals surface area contributed by atoms with Crippen LogP contribution >= 0.6 is 15.9 Å². The minimum absolute atomic E-state index is 0.0740. The number of rotatable bonds is 3. The normalized spacial score (nSPS) is 21.4. The van der Waals surface area contributed by atoms with Crippen molar-refractivity contribution < 1.29 is 19.3 Å². The van der Waals surface area contributed by atoms with Crippen LogP contribution in [-0.2, 0) is 14.4 Å². The lowest BCUT2D eigenvalue weighted by molar-refractivity contribution is -0.384. The maximum atomic E-state index is 12.9. The largest absolute Gasteiger partial charge is 0.381 e. The van der Waals surface area contributed by atoms with Crippen molar-refractivity contribution in [3.05, 3.63) is 68.7 Å². The van der Waals surface area contributed by atoms with Crippen molar-refractivity contribution in [1.29, 1.82) is 0 Å². The van der Waals surface area contributed by atoms with Crippen LogP contribution in [0.15, 0.2) is 58.2 Å². The van der Waals surface area contributed by atoms with E-state index in [9.17, 15) is 19.7 Å². The fourth-order valence-corrected chi connectivity index (χ4v) is 3.28. The van der Waals surface area contributed by atoms with E-state index in [0.717, 1.165) is 9.37 Å². The number of carbonyl (C=O) groups is 2. The minimum Gasteiger partial charge on any atom is -0.381 e. The molecule has 2 aliphatic heterocycles. The van der Waals surface area contributed by atoms with Crippen LogP contribution in [0.5, 0.6) is 0 Å². The maximum absolute atomic E-state index is 12.9. The summed E-state index contributed by atoms with van der Waals surface area (Å²) in [5.74, 6) is -1.78. The molecule has 0 N–H and O–H groups in total. The molecule has 2 amide bonds. The summed E-state index contributed by atoms with van der Waals surface area (Å²) in [4.78, 5) is 42.0. The Morgan fingerprint density at radius 2 is 1.69 bits per heavy atom. The van der Waals surface area contributed by atoms with Crippen molar-refractivity contribution >= 4 is 44.8 Å². The summed E-state index contributed by atoms with van der Waals surface area (Å²) in [5.41, 5.74) is 1.17. The molecular weight excluding hydrogens is 406 g/mol. The molecule has 0 unspecified atom stereocenters. The first-order valence-corrected chi connectivity index (χ1v) is 8.38. The molecule has 130 valence electrons. The number of nitrogens with zero attached hydrogens (tertiary/aromatic N) is 3. The summed E-state index contributed by atoms with van der Waals surface area (Å²) in [6.45, 7) is 0. The minimum atomic E-state index is -1.02. The third kappa shape index (κ3) is 2.48. The lowest BCUT2D eigenvalue weighted by Gasteiger charge is -2.15. The van der Waals surface area contributed by atoms with Gasteiger partial charge in [0.25, 0.3) is 11.6 Å². The highest BCUT2D eigenvalue weighted by Gasteiger charge is 2.56. The zero-order valence-corrected chi connectivity index (χ0v) is 14.6. The molecule has 1 fully saturated rings. The van der Waals surface area contributed by atoms with Gasteiger partial charge in [0.1, 0.15) is 11.6 Å². The van der Waals surface area contributed by atoms with Crippen LogP contribution in [0.3, 0.4) is 0 Å². The molecule has 1 saturated heterocycles.